The molecule has 19 heavy (non-hydrogen) atoms. The monoisotopic (exact) mass is 264 g/mol. The van der Waals surface area contributed by atoms with Gasteiger partial charge in [0.15, 0.2) is 0 Å². The number of unbranched alkanes of at least 4 members (excludes halogenated alkanes) is 2. The Bertz CT molecular complexity index is 402. The van der Waals surface area contributed by atoms with E-state index < -0.39 is 0 Å². The largest absolute Gasteiger partial charge is 0.385 e. The second-order valence-corrected chi connectivity index (χ2v) is 4.67. The Hall–Kier alpha value is -1.35. The van der Waals surface area contributed by atoms with Crippen molar-refractivity contribution in [1.29, 1.82) is 0 Å². The number of nitrogens with one attached hydrogen (secondary N) is 2. The summed E-state index contributed by atoms with van der Waals surface area (Å²) in [6.07, 6.45) is 6.06. The van der Waals surface area contributed by atoms with E-state index in [4.69, 9.17) is 0 Å². The zero-order valence-electron chi connectivity index (χ0n) is 12.1. The summed E-state index contributed by atoms with van der Waals surface area (Å²) in [5.41, 5.74) is 2.94. The number of anilines is 1. The molecule has 0 unspecified atom stereocenters. The van der Waals surface area contributed by atoms with Crippen LogP contribution in [0.1, 0.15) is 37.3 Å². The van der Waals surface area contributed by atoms with Gasteiger partial charge in [-0.2, -0.15) is 0 Å². The lowest BCUT2D eigenvalue weighted by Crippen LogP contribution is -2.09. The van der Waals surface area contributed by atoms with Crippen molar-refractivity contribution in [2.24, 2.45) is 0 Å². The van der Waals surface area contributed by atoms with Crippen LogP contribution in [0.5, 0.6) is 0 Å². The fourth-order valence-electron chi connectivity index (χ4n) is 2.22. The highest BCUT2D eigenvalue weighted by atomic mass is 19.1. The number of rotatable bonds is 9. The van der Waals surface area contributed by atoms with E-state index in [1.165, 1.54) is 12.8 Å². The van der Waals surface area contributed by atoms with Crippen molar-refractivity contribution in [3.63, 3.8) is 0 Å². The van der Waals surface area contributed by atoms with Gasteiger partial charge in [-0.05, 0) is 56.1 Å². The summed E-state index contributed by atoms with van der Waals surface area (Å²) in [6.45, 7) is 7.77. The zero-order valence-corrected chi connectivity index (χ0v) is 12.1. The molecule has 106 valence electrons. The molecule has 0 aliphatic rings. The Balaban J connectivity index is 2.57. The lowest BCUT2D eigenvalue weighted by molar-refractivity contribution is 0.626. The average molecular weight is 264 g/mol. The van der Waals surface area contributed by atoms with E-state index >= 15 is 0 Å². The van der Waals surface area contributed by atoms with Crippen molar-refractivity contribution < 1.29 is 4.39 Å². The van der Waals surface area contributed by atoms with Crippen LogP contribution >= 0.6 is 0 Å². The van der Waals surface area contributed by atoms with E-state index in [0.717, 1.165) is 42.7 Å². The highest BCUT2D eigenvalue weighted by Crippen LogP contribution is 2.23. The van der Waals surface area contributed by atoms with Crippen LogP contribution in [-0.4, -0.2) is 20.1 Å². The van der Waals surface area contributed by atoms with Crippen LogP contribution in [-0.2, 0) is 6.42 Å². The summed E-state index contributed by atoms with van der Waals surface area (Å²) in [6, 6.07) is 3.13. The molecule has 0 aliphatic carbocycles. The summed E-state index contributed by atoms with van der Waals surface area (Å²) in [7, 11) is 1.97. The minimum absolute atomic E-state index is 0.204. The third kappa shape index (κ3) is 5.03. The Morgan fingerprint density at radius 3 is 2.58 bits per heavy atom. The van der Waals surface area contributed by atoms with Crippen molar-refractivity contribution in [3.8, 4) is 0 Å². The van der Waals surface area contributed by atoms with Gasteiger partial charge in [0.1, 0.15) is 5.82 Å². The average Bonchev–Trinajstić information content (AvgIpc) is 2.42. The first kappa shape index (κ1) is 15.7. The van der Waals surface area contributed by atoms with Crippen LogP contribution in [0.2, 0.25) is 0 Å². The molecule has 3 heteroatoms. The number of hydrogen-bond acceptors (Lipinski definition) is 2. The molecule has 2 N–H and O–H groups in total. The van der Waals surface area contributed by atoms with Gasteiger partial charge in [0.2, 0.25) is 0 Å². The molecular formula is C16H25FN2. The van der Waals surface area contributed by atoms with Crippen LogP contribution in [0.15, 0.2) is 18.7 Å². The summed E-state index contributed by atoms with van der Waals surface area (Å²) >= 11 is 0. The first-order valence-corrected chi connectivity index (χ1v) is 7.06. The van der Waals surface area contributed by atoms with Crippen molar-refractivity contribution in [3.05, 3.63) is 35.7 Å². The molecule has 0 bridgehead atoms. The lowest BCUT2D eigenvalue weighted by atomic mass is 10.0. The molecule has 0 aromatic heterocycles. The molecule has 2 nitrogen and oxygen atoms in total. The molecule has 0 saturated carbocycles. The van der Waals surface area contributed by atoms with Gasteiger partial charge in [-0.15, -0.1) is 0 Å². The summed E-state index contributed by atoms with van der Waals surface area (Å²) in [4.78, 5) is 0. The van der Waals surface area contributed by atoms with Crippen LogP contribution < -0.4 is 10.6 Å². The minimum atomic E-state index is -0.204. The van der Waals surface area contributed by atoms with Gasteiger partial charge >= 0.3 is 0 Å². The summed E-state index contributed by atoms with van der Waals surface area (Å²) in [5.74, 6) is -0.204. The predicted octanol–water partition coefficient (Wildman–Crippen LogP) is 3.83. The molecule has 0 spiro atoms. The molecule has 0 aliphatic heterocycles. The predicted molar refractivity (Wildman–Crippen MR) is 82.1 cm³/mol. The first-order chi connectivity index (χ1) is 9.22. The molecule has 1 aromatic carbocycles. The molecule has 0 heterocycles. The van der Waals surface area contributed by atoms with Crippen molar-refractivity contribution in [2.75, 3.05) is 25.5 Å². The fraction of sp³-hybridized carbons (Fsp3) is 0.500. The van der Waals surface area contributed by atoms with E-state index in [1.807, 2.05) is 7.05 Å². The van der Waals surface area contributed by atoms with Crippen LogP contribution in [0.4, 0.5) is 10.1 Å². The SMILES string of the molecule is C=Cc1cc(F)cc(NCCCCCNC)c1CC. The van der Waals surface area contributed by atoms with Crippen molar-refractivity contribution >= 4 is 11.8 Å². The number of halogens is 1. The zero-order chi connectivity index (χ0) is 14.1. The highest BCUT2D eigenvalue weighted by molar-refractivity contribution is 5.64. The fourth-order valence-corrected chi connectivity index (χ4v) is 2.22. The maximum atomic E-state index is 13.5. The maximum Gasteiger partial charge on any atom is 0.125 e. The van der Waals surface area contributed by atoms with Crippen LogP contribution in [0, 0.1) is 5.82 Å². The minimum Gasteiger partial charge on any atom is -0.385 e. The van der Waals surface area contributed by atoms with Crippen molar-refractivity contribution in [1.82, 2.24) is 5.32 Å². The van der Waals surface area contributed by atoms with E-state index in [2.05, 4.69) is 24.1 Å². The molecule has 0 amide bonds. The lowest BCUT2D eigenvalue weighted by Gasteiger charge is -2.14. The normalized spacial score (nSPS) is 10.5. The Morgan fingerprint density at radius 2 is 1.95 bits per heavy atom. The summed E-state index contributed by atoms with van der Waals surface area (Å²) in [5, 5.41) is 6.48. The summed E-state index contributed by atoms with van der Waals surface area (Å²) < 4.78 is 13.5. The Morgan fingerprint density at radius 1 is 1.21 bits per heavy atom. The molecule has 0 radical (unpaired) electrons. The maximum absolute atomic E-state index is 13.5. The third-order valence-electron chi connectivity index (χ3n) is 3.24. The van der Waals surface area contributed by atoms with E-state index in [9.17, 15) is 4.39 Å². The smallest absolute Gasteiger partial charge is 0.125 e. The number of hydrogen-bond donors (Lipinski definition) is 2. The standard InChI is InChI=1S/C16H25FN2/c1-4-13-11-14(17)12-16(15(13)5-2)19-10-8-6-7-9-18-3/h4,11-12,18-19H,1,5-10H2,2-3H3. The third-order valence-corrected chi connectivity index (χ3v) is 3.24. The molecule has 0 saturated heterocycles. The van der Waals surface area contributed by atoms with Crippen molar-refractivity contribution in [2.45, 2.75) is 32.6 Å². The van der Waals surface area contributed by atoms with Gasteiger partial charge in [-0.3, -0.25) is 0 Å². The quantitative estimate of drug-likeness (QED) is 0.662. The molecular weight excluding hydrogens is 239 g/mol. The molecule has 1 rings (SSSR count). The van der Waals surface area contributed by atoms with E-state index in [1.54, 1.807) is 18.2 Å². The van der Waals surface area contributed by atoms with Gasteiger partial charge in [0.05, 0.1) is 0 Å². The second-order valence-electron chi connectivity index (χ2n) is 4.67. The Kier molecular flexibility index (Phi) is 7.19. The van der Waals surface area contributed by atoms with E-state index in [0.29, 0.717) is 0 Å². The van der Waals surface area contributed by atoms with E-state index in [-0.39, 0.29) is 5.82 Å². The molecule has 0 fully saturated rings. The van der Waals surface area contributed by atoms with Gasteiger partial charge in [0, 0.05) is 12.2 Å². The van der Waals surface area contributed by atoms with Gasteiger partial charge in [0.25, 0.3) is 0 Å². The topological polar surface area (TPSA) is 24.1 Å². The van der Waals surface area contributed by atoms with Crippen LogP contribution in [0.25, 0.3) is 6.08 Å². The highest BCUT2D eigenvalue weighted by Gasteiger charge is 2.07. The Labute approximate surface area is 116 Å². The number of benzene rings is 1. The molecule has 1 aromatic rings. The van der Waals surface area contributed by atoms with Crippen LogP contribution in [0.3, 0.4) is 0 Å². The van der Waals surface area contributed by atoms with Gasteiger partial charge in [-0.25, -0.2) is 4.39 Å². The van der Waals surface area contributed by atoms with Gasteiger partial charge in [-0.1, -0.05) is 26.0 Å². The molecule has 0 atom stereocenters. The second kappa shape index (κ2) is 8.70. The first-order valence-electron chi connectivity index (χ1n) is 7.06. The van der Waals surface area contributed by atoms with Gasteiger partial charge < -0.3 is 10.6 Å².